The Morgan fingerprint density at radius 2 is 1.61 bits per heavy atom. The summed E-state index contributed by atoms with van der Waals surface area (Å²) in [6.07, 6.45) is 3.73. The summed E-state index contributed by atoms with van der Waals surface area (Å²) in [5.41, 5.74) is 4.40. The zero-order valence-corrected chi connectivity index (χ0v) is 22.1. The van der Waals surface area contributed by atoms with Crippen LogP contribution in [0.25, 0.3) is 0 Å². The summed E-state index contributed by atoms with van der Waals surface area (Å²) in [5, 5.41) is 2.99. The molecule has 0 aromatic heterocycles. The van der Waals surface area contributed by atoms with Gasteiger partial charge in [0.15, 0.2) is 0 Å². The van der Waals surface area contributed by atoms with Crippen LogP contribution in [0.2, 0.25) is 0 Å². The first kappa shape index (κ1) is 25.8. The molecule has 6 nitrogen and oxygen atoms in total. The van der Waals surface area contributed by atoms with Crippen molar-refractivity contribution in [3.8, 4) is 0 Å². The molecule has 0 saturated carbocycles. The molecule has 1 amide bonds. The van der Waals surface area contributed by atoms with E-state index in [1.807, 2.05) is 51.1 Å². The maximum absolute atomic E-state index is 13.6. The smallest absolute Gasteiger partial charge is 0.264 e. The molecule has 1 aliphatic heterocycles. The van der Waals surface area contributed by atoms with Gasteiger partial charge in [0, 0.05) is 18.8 Å². The summed E-state index contributed by atoms with van der Waals surface area (Å²) < 4.78 is 28.4. The fraction of sp³-hybridized carbons (Fsp3) is 0.345. The topological polar surface area (TPSA) is 69.7 Å². The van der Waals surface area contributed by atoms with Gasteiger partial charge in [0.2, 0.25) is 5.91 Å². The van der Waals surface area contributed by atoms with Crippen molar-refractivity contribution in [3.05, 3.63) is 89.5 Å². The van der Waals surface area contributed by atoms with E-state index in [2.05, 4.69) is 22.3 Å². The number of rotatable bonds is 8. The Balaban J connectivity index is 1.53. The molecular formula is C29H35N3O3S. The molecule has 36 heavy (non-hydrogen) atoms. The van der Waals surface area contributed by atoms with Crippen LogP contribution in [0.15, 0.2) is 77.7 Å². The van der Waals surface area contributed by atoms with Crippen LogP contribution in [0.1, 0.15) is 48.9 Å². The number of amides is 1. The van der Waals surface area contributed by atoms with Gasteiger partial charge in [-0.15, -0.1) is 0 Å². The van der Waals surface area contributed by atoms with E-state index in [0.29, 0.717) is 5.69 Å². The van der Waals surface area contributed by atoms with Crippen molar-refractivity contribution in [1.29, 1.82) is 0 Å². The Bertz CT molecular complexity index is 1290. The van der Waals surface area contributed by atoms with Gasteiger partial charge in [-0.1, -0.05) is 42.5 Å². The van der Waals surface area contributed by atoms with Crippen LogP contribution < -0.4 is 14.5 Å². The number of carbonyl (C=O) groups excluding carboxylic acids is 1. The molecule has 1 atom stereocenters. The third-order valence-corrected chi connectivity index (χ3v) is 8.52. The summed E-state index contributed by atoms with van der Waals surface area (Å²) in [5.74, 6) is -0.358. The number of hydrogen-bond acceptors (Lipinski definition) is 4. The molecule has 1 saturated heterocycles. The first-order chi connectivity index (χ1) is 17.3. The van der Waals surface area contributed by atoms with Gasteiger partial charge < -0.3 is 10.2 Å². The molecule has 190 valence electrons. The minimum atomic E-state index is -3.94. The zero-order valence-electron chi connectivity index (χ0n) is 21.3. The van der Waals surface area contributed by atoms with Crippen LogP contribution in [0, 0.1) is 13.8 Å². The second-order valence-electron chi connectivity index (χ2n) is 9.54. The van der Waals surface area contributed by atoms with Gasteiger partial charge >= 0.3 is 0 Å². The number of hydrogen-bond donors (Lipinski definition) is 1. The first-order valence-electron chi connectivity index (χ1n) is 12.5. The first-order valence-corrected chi connectivity index (χ1v) is 14.0. The second-order valence-corrected chi connectivity index (χ2v) is 11.4. The Morgan fingerprint density at radius 3 is 2.28 bits per heavy atom. The molecule has 1 unspecified atom stereocenters. The fourth-order valence-corrected chi connectivity index (χ4v) is 6.13. The molecule has 0 radical (unpaired) electrons. The Morgan fingerprint density at radius 1 is 0.944 bits per heavy atom. The summed E-state index contributed by atoms with van der Waals surface area (Å²) in [4.78, 5) is 15.7. The van der Waals surface area contributed by atoms with E-state index < -0.39 is 10.0 Å². The van der Waals surface area contributed by atoms with Crippen molar-refractivity contribution in [2.75, 3.05) is 28.8 Å². The lowest BCUT2D eigenvalue weighted by Crippen LogP contribution is -2.42. The van der Waals surface area contributed by atoms with Gasteiger partial charge in [-0.25, -0.2) is 8.42 Å². The van der Waals surface area contributed by atoms with Gasteiger partial charge in [-0.2, -0.15) is 0 Å². The fourth-order valence-electron chi connectivity index (χ4n) is 4.63. The Kier molecular flexibility index (Phi) is 7.99. The highest BCUT2D eigenvalue weighted by Gasteiger charge is 2.28. The largest absolute Gasteiger partial charge is 0.372 e. The molecule has 1 N–H and O–H groups in total. The average Bonchev–Trinajstić information content (AvgIpc) is 2.90. The molecule has 7 heteroatoms. The van der Waals surface area contributed by atoms with Crippen LogP contribution in [-0.2, 0) is 14.8 Å². The van der Waals surface area contributed by atoms with Gasteiger partial charge in [0.25, 0.3) is 10.0 Å². The quantitative estimate of drug-likeness (QED) is 0.447. The molecule has 3 aromatic rings. The normalized spacial score (nSPS) is 14.8. The highest BCUT2D eigenvalue weighted by Crippen LogP contribution is 2.28. The summed E-state index contributed by atoms with van der Waals surface area (Å²) in [7, 11) is -3.94. The van der Waals surface area contributed by atoms with Crippen LogP contribution in [0.5, 0.6) is 0 Å². The van der Waals surface area contributed by atoms with Crippen molar-refractivity contribution in [3.63, 3.8) is 0 Å². The molecule has 0 spiro atoms. The minimum absolute atomic E-state index is 0.153. The SMILES string of the molecule is Cc1ccc(C)c(N(CC(=O)NC(C)c2ccc(N3CCCCC3)cc2)S(=O)(=O)c2ccccc2)c1. The predicted octanol–water partition coefficient (Wildman–Crippen LogP) is 5.37. The third kappa shape index (κ3) is 5.90. The number of aryl methyl sites for hydroxylation is 2. The van der Waals surface area contributed by atoms with E-state index in [-0.39, 0.29) is 23.4 Å². The van der Waals surface area contributed by atoms with Crippen molar-refractivity contribution in [2.24, 2.45) is 0 Å². The van der Waals surface area contributed by atoms with Crippen molar-refractivity contribution >= 4 is 27.3 Å². The lowest BCUT2D eigenvalue weighted by molar-refractivity contribution is -0.120. The van der Waals surface area contributed by atoms with E-state index >= 15 is 0 Å². The van der Waals surface area contributed by atoms with Crippen molar-refractivity contribution < 1.29 is 13.2 Å². The number of anilines is 2. The Labute approximate surface area is 215 Å². The molecule has 1 fully saturated rings. The highest BCUT2D eigenvalue weighted by atomic mass is 32.2. The number of benzene rings is 3. The molecule has 0 bridgehead atoms. The summed E-state index contributed by atoms with van der Waals surface area (Å²) in [6.45, 7) is 7.53. The maximum atomic E-state index is 13.6. The van der Waals surface area contributed by atoms with Crippen LogP contribution in [0.4, 0.5) is 11.4 Å². The third-order valence-electron chi connectivity index (χ3n) is 6.74. The molecular weight excluding hydrogens is 470 g/mol. The Hall–Kier alpha value is -3.32. The van der Waals surface area contributed by atoms with Crippen LogP contribution >= 0.6 is 0 Å². The van der Waals surface area contributed by atoms with Gasteiger partial charge in [-0.05, 0) is 87.1 Å². The molecule has 1 heterocycles. The van der Waals surface area contributed by atoms with Crippen LogP contribution in [0.3, 0.4) is 0 Å². The minimum Gasteiger partial charge on any atom is -0.372 e. The van der Waals surface area contributed by atoms with E-state index in [9.17, 15) is 13.2 Å². The number of carbonyl (C=O) groups is 1. The standard InChI is InChI=1S/C29H35N3O3S/c1-22-12-13-23(2)28(20-22)32(36(34,35)27-10-6-4-7-11-27)21-29(33)30-24(3)25-14-16-26(17-15-25)31-18-8-5-9-19-31/h4,6-7,10-17,20,24H,5,8-9,18-19,21H2,1-3H3,(H,30,33). The lowest BCUT2D eigenvalue weighted by atomic mass is 10.1. The van der Waals surface area contributed by atoms with Gasteiger partial charge in [0.05, 0.1) is 16.6 Å². The molecule has 0 aliphatic carbocycles. The number of piperidine rings is 1. The van der Waals surface area contributed by atoms with E-state index in [1.54, 1.807) is 30.3 Å². The van der Waals surface area contributed by atoms with Crippen LogP contribution in [-0.4, -0.2) is 34.0 Å². The highest BCUT2D eigenvalue weighted by molar-refractivity contribution is 7.92. The summed E-state index contributed by atoms with van der Waals surface area (Å²) in [6, 6.07) is 21.9. The monoisotopic (exact) mass is 505 g/mol. The predicted molar refractivity (Wildman–Crippen MR) is 146 cm³/mol. The average molecular weight is 506 g/mol. The van der Waals surface area contributed by atoms with E-state index in [0.717, 1.165) is 29.8 Å². The molecule has 4 rings (SSSR count). The number of nitrogens with one attached hydrogen (secondary N) is 1. The molecule has 1 aliphatic rings. The van der Waals surface area contributed by atoms with Crippen molar-refractivity contribution in [2.45, 2.75) is 51.0 Å². The van der Waals surface area contributed by atoms with Gasteiger partial charge in [-0.3, -0.25) is 9.10 Å². The van der Waals surface area contributed by atoms with Gasteiger partial charge in [0.1, 0.15) is 6.54 Å². The number of sulfonamides is 1. The van der Waals surface area contributed by atoms with E-state index in [1.165, 1.54) is 29.3 Å². The lowest BCUT2D eigenvalue weighted by Gasteiger charge is -2.29. The number of nitrogens with zero attached hydrogens (tertiary/aromatic N) is 2. The van der Waals surface area contributed by atoms with E-state index in [4.69, 9.17) is 0 Å². The second kappa shape index (κ2) is 11.2. The molecule has 3 aromatic carbocycles. The maximum Gasteiger partial charge on any atom is 0.264 e. The summed E-state index contributed by atoms with van der Waals surface area (Å²) >= 11 is 0. The zero-order chi connectivity index (χ0) is 25.7. The van der Waals surface area contributed by atoms with Crippen molar-refractivity contribution in [1.82, 2.24) is 5.32 Å².